The summed E-state index contributed by atoms with van der Waals surface area (Å²) in [6, 6.07) is 8.96. The van der Waals surface area contributed by atoms with E-state index in [0.29, 0.717) is 0 Å². The van der Waals surface area contributed by atoms with Gasteiger partial charge in [0.05, 0.1) is 0 Å². The lowest BCUT2D eigenvalue weighted by atomic mass is 10.1. The van der Waals surface area contributed by atoms with Crippen molar-refractivity contribution < 1.29 is 18.7 Å². The monoisotopic (exact) mass is 264 g/mol. The fourth-order valence-electron chi connectivity index (χ4n) is 1.30. The van der Waals surface area contributed by atoms with Gasteiger partial charge >= 0.3 is 5.97 Å². The van der Waals surface area contributed by atoms with E-state index in [0.717, 1.165) is 11.6 Å². The standard InChI is InChI=1S/C15H17FO3/c1-15(2,3)19-14(18)13(16)12(17)10-9-11-7-5-4-6-8-11/h4-10,13H,1-3H3/b10-9+. The highest BCUT2D eigenvalue weighted by Gasteiger charge is 2.29. The average Bonchev–Trinajstić information content (AvgIpc) is 2.34. The Morgan fingerprint density at radius 1 is 1.21 bits per heavy atom. The van der Waals surface area contributed by atoms with Crippen molar-refractivity contribution in [1.29, 1.82) is 0 Å². The zero-order valence-electron chi connectivity index (χ0n) is 11.2. The zero-order chi connectivity index (χ0) is 14.5. The van der Waals surface area contributed by atoms with Crippen molar-refractivity contribution in [3.63, 3.8) is 0 Å². The van der Waals surface area contributed by atoms with Gasteiger partial charge in [-0.25, -0.2) is 9.18 Å². The molecule has 0 spiro atoms. The van der Waals surface area contributed by atoms with Gasteiger partial charge in [-0.2, -0.15) is 0 Å². The highest BCUT2D eigenvalue weighted by molar-refractivity contribution is 6.09. The summed E-state index contributed by atoms with van der Waals surface area (Å²) in [7, 11) is 0. The van der Waals surface area contributed by atoms with Gasteiger partial charge in [0.25, 0.3) is 6.17 Å². The lowest BCUT2D eigenvalue weighted by Crippen LogP contribution is -2.33. The highest BCUT2D eigenvalue weighted by atomic mass is 19.1. The van der Waals surface area contributed by atoms with Crippen LogP contribution >= 0.6 is 0 Å². The molecule has 0 aromatic heterocycles. The summed E-state index contributed by atoms with van der Waals surface area (Å²) < 4.78 is 18.4. The van der Waals surface area contributed by atoms with Crippen LogP contribution in [-0.4, -0.2) is 23.5 Å². The van der Waals surface area contributed by atoms with Crippen molar-refractivity contribution in [1.82, 2.24) is 0 Å². The molecule has 0 N–H and O–H groups in total. The van der Waals surface area contributed by atoms with Gasteiger partial charge < -0.3 is 4.74 Å². The molecule has 0 saturated heterocycles. The number of rotatable bonds is 4. The van der Waals surface area contributed by atoms with Gasteiger partial charge in [-0.3, -0.25) is 4.79 Å². The van der Waals surface area contributed by atoms with E-state index in [9.17, 15) is 14.0 Å². The maximum atomic E-state index is 13.5. The van der Waals surface area contributed by atoms with Crippen LogP contribution in [0.25, 0.3) is 6.08 Å². The minimum absolute atomic E-state index is 0.757. The number of alkyl halides is 1. The zero-order valence-corrected chi connectivity index (χ0v) is 11.2. The first-order valence-electron chi connectivity index (χ1n) is 5.93. The molecule has 1 aromatic rings. The van der Waals surface area contributed by atoms with Gasteiger partial charge in [0, 0.05) is 0 Å². The lowest BCUT2D eigenvalue weighted by Gasteiger charge is -2.20. The van der Waals surface area contributed by atoms with E-state index < -0.39 is 23.5 Å². The number of halogens is 1. The number of esters is 1. The molecule has 0 bridgehead atoms. The normalized spacial score (nSPS) is 13.3. The molecule has 1 aromatic carbocycles. The smallest absolute Gasteiger partial charge is 0.349 e. The number of allylic oxidation sites excluding steroid dienone is 1. The first kappa shape index (κ1) is 15.1. The number of hydrogen-bond acceptors (Lipinski definition) is 3. The second kappa shape index (κ2) is 6.27. The van der Waals surface area contributed by atoms with Gasteiger partial charge in [-0.15, -0.1) is 0 Å². The Kier molecular flexibility index (Phi) is 4.98. The highest BCUT2D eigenvalue weighted by Crippen LogP contribution is 2.11. The van der Waals surface area contributed by atoms with Crippen LogP contribution in [0.4, 0.5) is 4.39 Å². The van der Waals surface area contributed by atoms with E-state index in [4.69, 9.17) is 4.74 Å². The van der Waals surface area contributed by atoms with E-state index in [2.05, 4.69) is 0 Å². The topological polar surface area (TPSA) is 43.4 Å². The van der Waals surface area contributed by atoms with Crippen LogP contribution in [-0.2, 0) is 14.3 Å². The summed E-state index contributed by atoms with van der Waals surface area (Å²) in [5.74, 6) is -2.08. The summed E-state index contributed by atoms with van der Waals surface area (Å²) in [6.07, 6.45) is 0.225. The summed E-state index contributed by atoms with van der Waals surface area (Å²) in [4.78, 5) is 22.8. The van der Waals surface area contributed by atoms with Crippen molar-refractivity contribution in [3.8, 4) is 0 Å². The molecule has 0 amide bonds. The first-order valence-corrected chi connectivity index (χ1v) is 5.93. The van der Waals surface area contributed by atoms with Crippen LogP contribution in [0.15, 0.2) is 36.4 Å². The van der Waals surface area contributed by atoms with Crippen LogP contribution in [0.2, 0.25) is 0 Å². The Morgan fingerprint density at radius 2 is 1.79 bits per heavy atom. The largest absolute Gasteiger partial charge is 0.457 e. The number of carbonyl (C=O) groups is 2. The number of carbonyl (C=O) groups excluding carboxylic acids is 2. The molecule has 4 heteroatoms. The van der Waals surface area contributed by atoms with E-state index in [-0.39, 0.29) is 0 Å². The Bertz CT molecular complexity index is 472. The Morgan fingerprint density at radius 3 is 2.32 bits per heavy atom. The summed E-state index contributed by atoms with van der Waals surface area (Å²) in [5, 5.41) is 0. The Hall–Kier alpha value is -1.97. The third kappa shape index (κ3) is 5.46. The lowest BCUT2D eigenvalue weighted by molar-refractivity contribution is -0.162. The predicted octanol–water partition coefficient (Wildman–Crippen LogP) is 2.95. The van der Waals surface area contributed by atoms with Gasteiger partial charge in [-0.1, -0.05) is 36.4 Å². The van der Waals surface area contributed by atoms with Crippen LogP contribution < -0.4 is 0 Å². The Balaban J connectivity index is 2.63. The van der Waals surface area contributed by atoms with E-state index in [1.54, 1.807) is 45.0 Å². The average molecular weight is 264 g/mol. The summed E-state index contributed by atoms with van der Waals surface area (Å²) in [5.41, 5.74) is -0.0579. The van der Waals surface area contributed by atoms with Crippen LogP contribution in [0.5, 0.6) is 0 Å². The molecule has 0 fully saturated rings. The third-order valence-electron chi connectivity index (χ3n) is 2.10. The fourth-order valence-corrected chi connectivity index (χ4v) is 1.30. The van der Waals surface area contributed by atoms with Gasteiger partial charge in [-0.05, 0) is 32.4 Å². The molecule has 3 nitrogen and oxygen atoms in total. The predicted molar refractivity (Wildman–Crippen MR) is 71.2 cm³/mol. The van der Waals surface area contributed by atoms with Crippen molar-refractivity contribution in [2.75, 3.05) is 0 Å². The molecule has 1 atom stereocenters. The SMILES string of the molecule is CC(C)(C)OC(=O)C(F)C(=O)/C=C/c1ccccc1. The molecule has 1 unspecified atom stereocenters. The second-order valence-electron chi connectivity index (χ2n) is 5.04. The second-order valence-corrected chi connectivity index (χ2v) is 5.04. The van der Waals surface area contributed by atoms with Gasteiger partial charge in [0.2, 0.25) is 5.78 Å². The number of hydrogen-bond donors (Lipinski definition) is 0. The van der Waals surface area contributed by atoms with Crippen LogP contribution in [0.1, 0.15) is 26.3 Å². The van der Waals surface area contributed by atoms with E-state index in [1.807, 2.05) is 6.07 Å². The van der Waals surface area contributed by atoms with Crippen molar-refractivity contribution in [2.45, 2.75) is 32.5 Å². The van der Waals surface area contributed by atoms with Crippen molar-refractivity contribution in [3.05, 3.63) is 42.0 Å². The van der Waals surface area contributed by atoms with Gasteiger partial charge in [0.1, 0.15) is 5.60 Å². The quantitative estimate of drug-likeness (QED) is 0.477. The minimum atomic E-state index is -2.28. The van der Waals surface area contributed by atoms with Crippen molar-refractivity contribution in [2.24, 2.45) is 0 Å². The molecule has 0 heterocycles. The molecular weight excluding hydrogens is 247 g/mol. The molecule has 0 aliphatic carbocycles. The molecular formula is C15H17FO3. The maximum absolute atomic E-state index is 13.5. The molecule has 0 aliphatic rings. The van der Waals surface area contributed by atoms with Crippen LogP contribution in [0, 0.1) is 0 Å². The van der Waals surface area contributed by atoms with Crippen LogP contribution in [0.3, 0.4) is 0 Å². The molecule has 102 valence electrons. The number of ether oxygens (including phenoxy) is 1. The van der Waals surface area contributed by atoms with E-state index >= 15 is 0 Å². The molecule has 0 saturated carbocycles. The Labute approximate surface area is 112 Å². The molecule has 0 aliphatic heterocycles. The third-order valence-corrected chi connectivity index (χ3v) is 2.10. The number of ketones is 1. The summed E-state index contributed by atoms with van der Waals surface area (Å²) >= 11 is 0. The van der Waals surface area contributed by atoms with Gasteiger partial charge in [0.15, 0.2) is 0 Å². The van der Waals surface area contributed by atoms with Crippen molar-refractivity contribution >= 4 is 17.8 Å². The number of benzene rings is 1. The molecule has 1 rings (SSSR count). The first-order chi connectivity index (χ1) is 8.79. The maximum Gasteiger partial charge on any atom is 0.349 e. The minimum Gasteiger partial charge on any atom is -0.457 e. The fraction of sp³-hybridized carbons (Fsp3) is 0.333. The summed E-state index contributed by atoms with van der Waals surface area (Å²) in [6.45, 7) is 4.84. The molecule has 19 heavy (non-hydrogen) atoms. The molecule has 0 radical (unpaired) electrons. The van der Waals surface area contributed by atoms with E-state index in [1.165, 1.54) is 6.08 Å².